The third-order valence-corrected chi connectivity index (χ3v) is 6.10. The molecule has 0 bridgehead atoms. The van der Waals surface area contributed by atoms with Gasteiger partial charge in [-0.15, -0.1) is 0 Å². The number of ether oxygens (including phenoxy) is 1. The fraction of sp³-hybridized carbons (Fsp3) is 0.179. The predicted octanol–water partition coefficient (Wildman–Crippen LogP) is 4.97. The lowest BCUT2D eigenvalue weighted by Crippen LogP contribution is -2.43. The van der Waals surface area contributed by atoms with Gasteiger partial charge < -0.3 is 15.4 Å². The topological polar surface area (TPSA) is 96.1 Å². The highest BCUT2D eigenvalue weighted by Crippen LogP contribution is 2.32. The van der Waals surface area contributed by atoms with Crippen LogP contribution in [0.1, 0.15) is 45.7 Å². The van der Waals surface area contributed by atoms with Crippen LogP contribution in [0.15, 0.2) is 72.9 Å². The molecule has 0 radical (unpaired) electrons. The van der Waals surface area contributed by atoms with Crippen molar-refractivity contribution >= 4 is 34.0 Å². The maximum Gasteiger partial charge on any atom is 0.255 e. The number of H-pyrrole nitrogens is 1. The molecule has 35 heavy (non-hydrogen) atoms. The second-order valence-corrected chi connectivity index (χ2v) is 9.34. The first-order chi connectivity index (χ1) is 16.8. The van der Waals surface area contributed by atoms with E-state index in [0.29, 0.717) is 16.8 Å². The first kappa shape index (κ1) is 22.4. The van der Waals surface area contributed by atoms with E-state index in [1.54, 1.807) is 49.7 Å². The number of nitrogens with zero attached hydrogens (tertiary/aromatic N) is 1. The molecule has 4 aromatic rings. The van der Waals surface area contributed by atoms with Crippen LogP contribution in [0.5, 0.6) is 5.75 Å². The average molecular weight is 467 g/mol. The van der Waals surface area contributed by atoms with Crippen molar-refractivity contribution in [3.05, 3.63) is 95.2 Å². The zero-order valence-corrected chi connectivity index (χ0v) is 19.8. The molecule has 1 aliphatic heterocycles. The maximum atomic E-state index is 13.2. The standard InChI is InChI=1S/C28H26N4O3/c1-28(2)15-19-7-9-22(35-3)13-23(19)25(31-28)14-26(33)17-5-4-6-18(11-17)27(34)30-21-8-10-24-20(12-21)16-29-32-24/h4-14,16,31H,15H2,1-3H3,(H,29,32)(H,30,34). The molecule has 0 saturated heterocycles. The first-order valence-corrected chi connectivity index (χ1v) is 11.4. The molecule has 0 unspecified atom stereocenters. The fourth-order valence-corrected chi connectivity index (χ4v) is 4.41. The van der Waals surface area contributed by atoms with Crippen LogP contribution in [-0.2, 0) is 6.42 Å². The number of allylic oxidation sites excluding steroid dienone is 1. The molecular formula is C28H26N4O3. The van der Waals surface area contributed by atoms with Gasteiger partial charge in [0.25, 0.3) is 5.91 Å². The molecule has 2 heterocycles. The molecular weight excluding hydrogens is 440 g/mol. The number of hydrogen-bond acceptors (Lipinski definition) is 5. The van der Waals surface area contributed by atoms with Gasteiger partial charge in [-0.3, -0.25) is 14.7 Å². The molecule has 5 rings (SSSR count). The zero-order valence-electron chi connectivity index (χ0n) is 19.8. The van der Waals surface area contributed by atoms with Gasteiger partial charge in [0.05, 0.1) is 18.8 Å². The van der Waals surface area contributed by atoms with Crippen molar-refractivity contribution in [2.45, 2.75) is 25.8 Å². The summed E-state index contributed by atoms with van der Waals surface area (Å²) in [5.41, 5.74) is 5.01. The molecule has 1 aromatic heterocycles. The van der Waals surface area contributed by atoms with Crippen LogP contribution in [0.4, 0.5) is 5.69 Å². The highest BCUT2D eigenvalue weighted by atomic mass is 16.5. The molecule has 3 N–H and O–H groups in total. The second-order valence-electron chi connectivity index (χ2n) is 9.34. The number of ketones is 1. The van der Waals surface area contributed by atoms with Gasteiger partial charge >= 0.3 is 0 Å². The Morgan fingerprint density at radius 3 is 2.71 bits per heavy atom. The van der Waals surface area contributed by atoms with Crippen LogP contribution in [0.2, 0.25) is 0 Å². The van der Waals surface area contributed by atoms with Crippen molar-refractivity contribution < 1.29 is 14.3 Å². The molecule has 1 amide bonds. The van der Waals surface area contributed by atoms with E-state index in [0.717, 1.165) is 39.9 Å². The second kappa shape index (κ2) is 8.76. The van der Waals surface area contributed by atoms with E-state index in [1.165, 1.54) is 0 Å². The van der Waals surface area contributed by atoms with Gasteiger partial charge in [-0.2, -0.15) is 5.10 Å². The normalized spacial score (nSPS) is 15.3. The van der Waals surface area contributed by atoms with E-state index in [1.807, 2.05) is 30.3 Å². The Labute approximate surface area is 203 Å². The summed E-state index contributed by atoms with van der Waals surface area (Å²) in [5.74, 6) is 0.256. The van der Waals surface area contributed by atoms with Crippen LogP contribution >= 0.6 is 0 Å². The van der Waals surface area contributed by atoms with Gasteiger partial charge in [0.1, 0.15) is 5.75 Å². The summed E-state index contributed by atoms with van der Waals surface area (Å²) in [6.45, 7) is 4.20. The zero-order chi connectivity index (χ0) is 24.6. The van der Waals surface area contributed by atoms with Gasteiger partial charge in [-0.1, -0.05) is 18.2 Å². The summed E-state index contributed by atoms with van der Waals surface area (Å²) < 4.78 is 5.39. The monoisotopic (exact) mass is 466 g/mol. The SMILES string of the molecule is COc1ccc2c(c1)C(=CC(=O)c1cccc(C(=O)Nc3ccc4[nH]ncc4c3)c1)NC(C)(C)C2. The highest BCUT2D eigenvalue weighted by molar-refractivity contribution is 6.11. The third kappa shape index (κ3) is 4.66. The molecule has 7 heteroatoms. The summed E-state index contributed by atoms with van der Waals surface area (Å²) in [6, 6.07) is 18.2. The lowest BCUT2D eigenvalue weighted by atomic mass is 9.85. The van der Waals surface area contributed by atoms with Gasteiger partial charge in [0, 0.05) is 45.1 Å². The minimum atomic E-state index is -0.290. The van der Waals surface area contributed by atoms with Crippen LogP contribution < -0.4 is 15.4 Å². The molecule has 0 fully saturated rings. The molecule has 3 aromatic carbocycles. The maximum absolute atomic E-state index is 13.2. The Morgan fingerprint density at radius 2 is 1.89 bits per heavy atom. The summed E-state index contributed by atoms with van der Waals surface area (Å²) in [7, 11) is 1.63. The number of hydrogen-bond donors (Lipinski definition) is 3. The van der Waals surface area contributed by atoms with E-state index in [9.17, 15) is 9.59 Å². The Balaban J connectivity index is 1.41. The predicted molar refractivity (Wildman–Crippen MR) is 137 cm³/mol. The summed E-state index contributed by atoms with van der Waals surface area (Å²) in [5, 5.41) is 14.2. The number of aromatic amines is 1. The van der Waals surface area contributed by atoms with Gasteiger partial charge in [-0.25, -0.2) is 0 Å². The molecule has 0 saturated carbocycles. The quantitative estimate of drug-likeness (QED) is 0.285. The number of benzene rings is 3. The van der Waals surface area contributed by atoms with Crippen LogP contribution in [0.25, 0.3) is 16.6 Å². The summed E-state index contributed by atoms with van der Waals surface area (Å²) in [4.78, 5) is 26.1. The number of anilines is 1. The van der Waals surface area contributed by atoms with Crippen LogP contribution in [0.3, 0.4) is 0 Å². The van der Waals surface area contributed by atoms with Crippen molar-refractivity contribution in [3.8, 4) is 5.75 Å². The van der Waals surface area contributed by atoms with Crippen LogP contribution in [0, 0.1) is 0 Å². The summed E-state index contributed by atoms with van der Waals surface area (Å²) >= 11 is 0. The van der Waals surface area contributed by atoms with Crippen molar-refractivity contribution in [2.75, 3.05) is 12.4 Å². The third-order valence-electron chi connectivity index (χ3n) is 6.10. The number of carbonyl (C=O) groups excluding carboxylic acids is 2. The molecule has 1 aliphatic rings. The molecule has 0 atom stereocenters. The van der Waals surface area contributed by atoms with Gasteiger partial charge in [-0.05, 0) is 68.3 Å². The Bertz CT molecular complexity index is 1480. The smallest absolute Gasteiger partial charge is 0.255 e. The van der Waals surface area contributed by atoms with E-state index in [4.69, 9.17) is 4.74 Å². The van der Waals surface area contributed by atoms with E-state index in [-0.39, 0.29) is 17.2 Å². The Hall–Kier alpha value is -4.39. The summed E-state index contributed by atoms with van der Waals surface area (Å²) in [6.07, 6.45) is 4.13. The van der Waals surface area contributed by atoms with Gasteiger partial charge in [0.2, 0.25) is 0 Å². The highest BCUT2D eigenvalue weighted by Gasteiger charge is 2.28. The lowest BCUT2D eigenvalue weighted by Gasteiger charge is -2.35. The van der Waals surface area contributed by atoms with Crippen molar-refractivity contribution in [1.82, 2.24) is 15.5 Å². The number of aromatic nitrogens is 2. The van der Waals surface area contributed by atoms with Crippen molar-refractivity contribution in [2.24, 2.45) is 0 Å². The molecule has 176 valence electrons. The number of amides is 1. The fourth-order valence-electron chi connectivity index (χ4n) is 4.41. The van der Waals surface area contributed by atoms with Crippen molar-refractivity contribution in [3.63, 3.8) is 0 Å². The van der Waals surface area contributed by atoms with E-state index in [2.05, 4.69) is 34.7 Å². The Kier molecular flexibility index (Phi) is 5.61. The Morgan fingerprint density at radius 1 is 1.06 bits per heavy atom. The number of methoxy groups -OCH3 is 1. The van der Waals surface area contributed by atoms with Crippen LogP contribution in [-0.4, -0.2) is 34.5 Å². The minimum Gasteiger partial charge on any atom is -0.497 e. The lowest BCUT2D eigenvalue weighted by molar-refractivity contribution is 0.102. The number of carbonyl (C=O) groups is 2. The van der Waals surface area contributed by atoms with E-state index >= 15 is 0 Å². The van der Waals surface area contributed by atoms with E-state index < -0.39 is 0 Å². The van der Waals surface area contributed by atoms with Gasteiger partial charge in [0.15, 0.2) is 5.78 Å². The largest absolute Gasteiger partial charge is 0.497 e. The molecule has 0 spiro atoms. The molecule has 0 aliphatic carbocycles. The number of fused-ring (bicyclic) bond motifs is 2. The average Bonchev–Trinajstić information content (AvgIpc) is 3.31. The molecule has 7 nitrogen and oxygen atoms in total. The first-order valence-electron chi connectivity index (χ1n) is 11.4. The number of nitrogens with one attached hydrogen (secondary N) is 3. The number of rotatable bonds is 5. The minimum absolute atomic E-state index is 0.187. The van der Waals surface area contributed by atoms with Crippen molar-refractivity contribution in [1.29, 1.82) is 0 Å².